The number of rotatable bonds is 3. The van der Waals surface area contributed by atoms with Crippen LogP contribution < -0.4 is 0 Å². The van der Waals surface area contributed by atoms with Crippen molar-refractivity contribution in [1.82, 2.24) is 0 Å². The second-order valence-corrected chi connectivity index (χ2v) is 5.03. The van der Waals surface area contributed by atoms with Gasteiger partial charge in [0.25, 0.3) is 6.20 Å². The Balaban J connectivity index is 2.06. The van der Waals surface area contributed by atoms with Crippen molar-refractivity contribution >= 4 is 17.6 Å². The summed E-state index contributed by atoms with van der Waals surface area (Å²) in [6, 6.07) is 15.5. The fourth-order valence-electron chi connectivity index (χ4n) is 2.43. The Morgan fingerprint density at radius 1 is 1.14 bits per heavy atom. The van der Waals surface area contributed by atoms with E-state index in [9.17, 15) is 10.1 Å². The number of nitro groups is 1. The predicted octanol–water partition coefficient (Wildman–Crippen LogP) is 4.35. The monoisotopic (exact) mass is 293 g/mol. The zero-order valence-corrected chi connectivity index (χ0v) is 12.2. The maximum absolute atomic E-state index is 10.8. The van der Waals surface area contributed by atoms with Gasteiger partial charge >= 0.3 is 0 Å². The molecule has 0 amide bonds. The van der Waals surface area contributed by atoms with Gasteiger partial charge in [-0.3, -0.25) is 10.1 Å². The summed E-state index contributed by atoms with van der Waals surface area (Å²) in [6.45, 7) is 2.10. The van der Waals surface area contributed by atoms with Crippen LogP contribution in [0.25, 0.3) is 17.6 Å². The van der Waals surface area contributed by atoms with Gasteiger partial charge in [-0.2, -0.15) is 0 Å². The van der Waals surface area contributed by atoms with E-state index in [-0.39, 0.29) is 5.76 Å². The largest absolute Gasteiger partial charge is 0.450 e. The minimum Gasteiger partial charge on any atom is -0.450 e. The fraction of sp³-hybridized carbons (Fsp3) is 0.111. The molecule has 2 aromatic rings. The molecule has 0 radical (unpaired) electrons. The fourth-order valence-corrected chi connectivity index (χ4v) is 2.43. The van der Waals surface area contributed by atoms with E-state index >= 15 is 0 Å². The molecule has 3 rings (SSSR count). The number of aryl methyl sites for hydroxylation is 1. The Morgan fingerprint density at radius 2 is 1.86 bits per heavy atom. The number of benzene rings is 2. The summed E-state index contributed by atoms with van der Waals surface area (Å²) in [5, 5.41) is 10.8. The number of nitrogens with zero attached hydrogens (tertiary/aromatic N) is 1. The summed E-state index contributed by atoms with van der Waals surface area (Å²) in [7, 11) is 0. The van der Waals surface area contributed by atoms with E-state index < -0.39 is 4.92 Å². The lowest BCUT2D eigenvalue weighted by Crippen LogP contribution is -2.03. The Bertz CT molecular complexity index is 773. The quantitative estimate of drug-likeness (QED) is 0.624. The van der Waals surface area contributed by atoms with Crippen molar-refractivity contribution < 1.29 is 9.66 Å². The Hall–Kier alpha value is -2.88. The number of ether oxygens (including phenoxy) is 1. The zero-order valence-electron chi connectivity index (χ0n) is 12.2. The van der Waals surface area contributed by atoms with Crippen molar-refractivity contribution in [2.45, 2.75) is 13.3 Å². The molecule has 0 N–H and O–H groups in total. The maximum atomic E-state index is 10.8. The minimum atomic E-state index is -0.491. The van der Waals surface area contributed by atoms with Gasteiger partial charge in [0.2, 0.25) is 5.76 Å². The average molecular weight is 293 g/mol. The van der Waals surface area contributed by atoms with Crippen LogP contribution in [0.3, 0.4) is 0 Å². The molecule has 0 fully saturated rings. The summed E-state index contributed by atoms with van der Waals surface area (Å²) in [4.78, 5) is 10.3. The molecule has 2 aromatic carbocycles. The van der Waals surface area contributed by atoms with Crippen LogP contribution in [0.1, 0.15) is 29.2 Å². The van der Waals surface area contributed by atoms with E-state index in [0.717, 1.165) is 29.3 Å². The maximum Gasteiger partial charge on any atom is 0.277 e. The van der Waals surface area contributed by atoms with Gasteiger partial charge in [-0.1, -0.05) is 55.5 Å². The van der Waals surface area contributed by atoms with Crippen molar-refractivity contribution in [3.63, 3.8) is 0 Å². The van der Waals surface area contributed by atoms with Crippen LogP contribution in [0.2, 0.25) is 0 Å². The third-order valence-corrected chi connectivity index (χ3v) is 3.60. The summed E-state index contributed by atoms with van der Waals surface area (Å²) in [5.74, 6) is 0.882. The first kappa shape index (κ1) is 14.1. The lowest BCUT2D eigenvalue weighted by Gasteiger charge is -2.19. The SMILES string of the molecule is CCc1ccc(C2=Cc3ccccc3/C(=C/[N+](=O)[O-])O2)cc1. The van der Waals surface area contributed by atoms with Gasteiger partial charge in [-0.15, -0.1) is 0 Å². The molecule has 0 aromatic heterocycles. The second kappa shape index (κ2) is 5.85. The number of hydrogen-bond donors (Lipinski definition) is 0. The van der Waals surface area contributed by atoms with Gasteiger partial charge < -0.3 is 4.74 Å². The molecule has 0 saturated heterocycles. The summed E-state index contributed by atoms with van der Waals surface area (Å²) in [5.41, 5.74) is 3.78. The highest BCUT2D eigenvalue weighted by Crippen LogP contribution is 2.34. The highest BCUT2D eigenvalue weighted by atomic mass is 16.6. The topological polar surface area (TPSA) is 52.4 Å². The van der Waals surface area contributed by atoms with E-state index in [1.54, 1.807) is 0 Å². The molecule has 110 valence electrons. The third-order valence-electron chi connectivity index (χ3n) is 3.60. The molecule has 1 heterocycles. The average Bonchev–Trinajstić information content (AvgIpc) is 2.54. The molecule has 0 atom stereocenters. The van der Waals surface area contributed by atoms with E-state index in [1.165, 1.54) is 5.56 Å². The molecule has 0 saturated carbocycles. The zero-order chi connectivity index (χ0) is 15.5. The first-order valence-corrected chi connectivity index (χ1v) is 7.11. The second-order valence-electron chi connectivity index (χ2n) is 5.03. The third kappa shape index (κ3) is 2.76. The molecule has 4 nitrogen and oxygen atoms in total. The van der Waals surface area contributed by atoms with Crippen molar-refractivity contribution in [2.24, 2.45) is 0 Å². The lowest BCUT2D eigenvalue weighted by atomic mass is 10.00. The minimum absolute atomic E-state index is 0.262. The van der Waals surface area contributed by atoms with Crippen molar-refractivity contribution in [1.29, 1.82) is 0 Å². The van der Waals surface area contributed by atoms with E-state index in [4.69, 9.17) is 4.74 Å². The normalized spacial score (nSPS) is 15.0. The summed E-state index contributed by atoms with van der Waals surface area (Å²) >= 11 is 0. The molecule has 22 heavy (non-hydrogen) atoms. The number of hydrogen-bond acceptors (Lipinski definition) is 3. The van der Waals surface area contributed by atoms with Gasteiger partial charge in [0.05, 0.1) is 4.92 Å². The molecule has 1 aliphatic rings. The van der Waals surface area contributed by atoms with Crippen LogP contribution >= 0.6 is 0 Å². The van der Waals surface area contributed by atoms with Gasteiger partial charge in [-0.25, -0.2) is 0 Å². The van der Waals surface area contributed by atoms with Crippen molar-refractivity contribution in [3.8, 4) is 0 Å². The molecular formula is C18H15NO3. The molecule has 0 unspecified atom stereocenters. The van der Waals surface area contributed by atoms with Crippen LogP contribution in [0, 0.1) is 10.1 Å². The van der Waals surface area contributed by atoms with Crippen molar-refractivity contribution in [2.75, 3.05) is 0 Å². The van der Waals surface area contributed by atoms with Crippen molar-refractivity contribution in [3.05, 3.63) is 87.1 Å². The molecule has 0 spiro atoms. The first-order valence-electron chi connectivity index (χ1n) is 7.11. The Morgan fingerprint density at radius 3 is 2.55 bits per heavy atom. The van der Waals surface area contributed by atoms with Crippen LogP contribution in [0.5, 0.6) is 0 Å². The van der Waals surface area contributed by atoms with E-state index in [2.05, 4.69) is 6.92 Å². The van der Waals surface area contributed by atoms with Crippen LogP contribution in [0.4, 0.5) is 0 Å². The van der Waals surface area contributed by atoms with Gasteiger partial charge in [0, 0.05) is 11.1 Å². The summed E-state index contributed by atoms with van der Waals surface area (Å²) in [6.07, 6.45) is 3.79. The van der Waals surface area contributed by atoms with Crippen LogP contribution in [-0.2, 0) is 11.2 Å². The first-order chi connectivity index (χ1) is 10.7. The van der Waals surface area contributed by atoms with Crippen LogP contribution in [-0.4, -0.2) is 4.92 Å². The smallest absolute Gasteiger partial charge is 0.277 e. The Labute approximate surface area is 128 Å². The van der Waals surface area contributed by atoms with Gasteiger partial charge in [0.1, 0.15) is 5.76 Å². The van der Waals surface area contributed by atoms with Gasteiger partial charge in [0.15, 0.2) is 0 Å². The molecular weight excluding hydrogens is 278 g/mol. The molecule has 4 heteroatoms. The molecule has 1 aliphatic heterocycles. The molecule has 0 bridgehead atoms. The highest BCUT2D eigenvalue weighted by Gasteiger charge is 2.20. The van der Waals surface area contributed by atoms with E-state index in [0.29, 0.717) is 5.76 Å². The van der Waals surface area contributed by atoms with Crippen LogP contribution in [0.15, 0.2) is 54.7 Å². The summed E-state index contributed by atoms with van der Waals surface area (Å²) < 4.78 is 5.76. The number of fused-ring (bicyclic) bond motifs is 1. The van der Waals surface area contributed by atoms with E-state index in [1.807, 2.05) is 54.6 Å². The molecule has 0 aliphatic carbocycles. The highest BCUT2D eigenvalue weighted by molar-refractivity contribution is 5.88. The van der Waals surface area contributed by atoms with Gasteiger partial charge in [-0.05, 0) is 23.6 Å². The Kier molecular flexibility index (Phi) is 3.74. The lowest BCUT2D eigenvalue weighted by molar-refractivity contribution is -0.402. The standard InChI is InChI=1S/C18H15NO3/c1-2-13-7-9-14(10-8-13)17-11-15-5-3-4-6-16(15)18(22-17)12-19(20)21/h3-12H,2H2,1H3/b18-12-. The predicted molar refractivity (Wildman–Crippen MR) is 86.2 cm³/mol.